The standard InChI is InChI=1S/C7H11N3O/c1-6(8)7(11)9-10-4-2-3-5-10/h2-6H,8H2,1H3,(H,9,11)/t6-/m0/s1. The first kappa shape index (κ1) is 7.81. The molecule has 0 aliphatic rings. The zero-order valence-corrected chi connectivity index (χ0v) is 6.32. The highest BCUT2D eigenvalue weighted by Crippen LogP contribution is 1.86. The van der Waals surface area contributed by atoms with Crippen LogP contribution in [0.4, 0.5) is 0 Å². The number of aromatic nitrogens is 1. The Morgan fingerprint density at radius 2 is 2.09 bits per heavy atom. The van der Waals surface area contributed by atoms with E-state index in [1.165, 1.54) is 0 Å². The number of carbonyl (C=O) groups excluding carboxylic acids is 1. The molecule has 1 amide bonds. The fourth-order valence-corrected chi connectivity index (χ4v) is 0.638. The molecular weight excluding hydrogens is 142 g/mol. The van der Waals surface area contributed by atoms with Crippen molar-refractivity contribution in [3.8, 4) is 0 Å². The van der Waals surface area contributed by atoms with Crippen molar-refractivity contribution < 1.29 is 4.79 Å². The molecule has 1 heterocycles. The smallest absolute Gasteiger partial charge is 0.255 e. The minimum absolute atomic E-state index is 0.193. The van der Waals surface area contributed by atoms with Crippen molar-refractivity contribution in [2.45, 2.75) is 13.0 Å². The van der Waals surface area contributed by atoms with Crippen molar-refractivity contribution in [3.63, 3.8) is 0 Å². The zero-order chi connectivity index (χ0) is 8.27. The van der Waals surface area contributed by atoms with Crippen molar-refractivity contribution in [2.24, 2.45) is 5.73 Å². The molecule has 0 radical (unpaired) electrons. The number of hydrogen-bond acceptors (Lipinski definition) is 2. The highest BCUT2D eigenvalue weighted by Gasteiger charge is 2.05. The molecular formula is C7H11N3O. The van der Waals surface area contributed by atoms with Gasteiger partial charge < -0.3 is 5.73 Å². The number of nitrogens with two attached hydrogens (primary N) is 1. The predicted octanol–water partition coefficient (Wildman–Crippen LogP) is -0.0946. The van der Waals surface area contributed by atoms with Crippen molar-refractivity contribution in [3.05, 3.63) is 24.5 Å². The molecule has 4 heteroatoms. The minimum Gasteiger partial charge on any atom is -0.320 e. The molecule has 4 nitrogen and oxygen atoms in total. The first-order chi connectivity index (χ1) is 5.20. The van der Waals surface area contributed by atoms with Crippen LogP contribution < -0.4 is 11.2 Å². The summed E-state index contributed by atoms with van der Waals surface area (Å²) in [5, 5.41) is 0. The summed E-state index contributed by atoms with van der Waals surface area (Å²) in [6, 6.07) is 3.17. The van der Waals surface area contributed by atoms with Gasteiger partial charge in [0.05, 0.1) is 6.04 Å². The van der Waals surface area contributed by atoms with Gasteiger partial charge in [0.2, 0.25) is 0 Å². The van der Waals surface area contributed by atoms with Crippen LogP contribution in [-0.4, -0.2) is 16.6 Å². The van der Waals surface area contributed by atoms with E-state index in [9.17, 15) is 4.79 Å². The average Bonchev–Trinajstić information content (AvgIpc) is 2.39. The monoisotopic (exact) mass is 153 g/mol. The summed E-state index contributed by atoms with van der Waals surface area (Å²) >= 11 is 0. The number of carbonyl (C=O) groups is 1. The van der Waals surface area contributed by atoms with E-state index in [1.807, 2.05) is 12.1 Å². The molecule has 60 valence electrons. The van der Waals surface area contributed by atoms with Crippen LogP contribution in [0.25, 0.3) is 0 Å². The zero-order valence-electron chi connectivity index (χ0n) is 6.32. The van der Waals surface area contributed by atoms with E-state index < -0.39 is 6.04 Å². The highest BCUT2D eigenvalue weighted by molar-refractivity contribution is 5.88. The molecule has 0 bridgehead atoms. The van der Waals surface area contributed by atoms with Crippen LogP contribution in [0, 0.1) is 0 Å². The molecule has 1 aromatic rings. The number of rotatable bonds is 2. The van der Waals surface area contributed by atoms with Gasteiger partial charge in [0.15, 0.2) is 0 Å². The van der Waals surface area contributed by atoms with Crippen LogP contribution in [0.15, 0.2) is 24.5 Å². The third-order valence-electron chi connectivity index (χ3n) is 1.26. The Morgan fingerprint density at radius 3 is 2.55 bits per heavy atom. The maximum atomic E-state index is 11.0. The van der Waals surface area contributed by atoms with Gasteiger partial charge in [-0.25, -0.2) is 0 Å². The molecule has 11 heavy (non-hydrogen) atoms. The molecule has 1 aromatic heterocycles. The Labute approximate surface area is 65.0 Å². The van der Waals surface area contributed by atoms with Crippen LogP contribution in [0.1, 0.15) is 6.92 Å². The topological polar surface area (TPSA) is 60.1 Å². The molecule has 0 aliphatic heterocycles. The quantitative estimate of drug-likeness (QED) is 0.623. The predicted molar refractivity (Wildman–Crippen MR) is 42.4 cm³/mol. The largest absolute Gasteiger partial charge is 0.320 e. The second kappa shape index (κ2) is 3.21. The molecule has 0 aromatic carbocycles. The lowest BCUT2D eigenvalue weighted by Gasteiger charge is -2.07. The first-order valence-corrected chi connectivity index (χ1v) is 3.39. The lowest BCUT2D eigenvalue weighted by Crippen LogP contribution is -2.36. The van der Waals surface area contributed by atoms with Crippen molar-refractivity contribution in [2.75, 3.05) is 5.43 Å². The summed E-state index contributed by atoms with van der Waals surface area (Å²) in [5.74, 6) is -0.193. The summed E-state index contributed by atoms with van der Waals surface area (Å²) in [6.45, 7) is 1.64. The SMILES string of the molecule is C[C@H](N)C(=O)Nn1cccc1. The van der Waals surface area contributed by atoms with Crippen molar-refractivity contribution in [1.29, 1.82) is 0 Å². The maximum absolute atomic E-state index is 11.0. The van der Waals surface area contributed by atoms with Gasteiger partial charge in [-0.05, 0) is 19.1 Å². The van der Waals surface area contributed by atoms with E-state index in [2.05, 4.69) is 5.43 Å². The van der Waals surface area contributed by atoms with Crippen LogP contribution in [0.2, 0.25) is 0 Å². The van der Waals surface area contributed by atoms with E-state index in [4.69, 9.17) is 5.73 Å². The Balaban J connectivity index is 2.50. The second-order valence-corrected chi connectivity index (χ2v) is 2.36. The first-order valence-electron chi connectivity index (χ1n) is 3.39. The van der Waals surface area contributed by atoms with Gasteiger partial charge in [-0.3, -0.25) is 14.9 Å². The fourth-order valence-electron chi connectivity index (χ4n) is 0.638. The molecule has 1 atom stereocenters. The van der Waals surface area contributed by atoms with Gasteiger partial charge in [-0.15, -0.1) is 0 Å². The number of amides is 1. The van der Waals surface area contributed by atoms with E-state index in [0.717, 1.165) is 0 Å². The Morgan fingerprint density at radius 1 is 1.55 bits per heavy atom. The lowest BCUT2D eigenvalue weighted by molar-refractivity contribution is -0.117. The van der Waals surface area contributed by atoms with Crippen molar-refractivity contribution in [1.82, 2.24) is 4.68 Å². The Bertz CT molecular complexity index is 228. The van der Waals surface area contributed by atoms with E-state index >= 15 is 0 Å². The van der Waals surface area contributed by atoms with Gasteiger partial charge in [0.25, 0.3) is 5.91 Å². The van der Waals surface area contributed by atoms with Crippen LogP contribution in [-0.2, 0) is 4.79 Å². The Kier molecular flexibility index (Phi) is 2.28. The second-order valence-electron chi connectivity index (χ2n) is 2.36. The summed E-state index contributed by atoms with van der Waals surface area (Å²) in [4.78, 5) is 11.0. The van der Waals surface area contributed by atoms with Gasteiger partial charge >= 0.3 is 0 Å². The summed E-state index contributed by atoms with van der Waals surface area (Å²) in [5.41, 5.74) is 7.90. The van der Waals surface area contributed by atoms with Crippen LogP contribution >= 0.6 is 0 Å². The summed E-state index contributed by atoms with van der Waals surface area (Å²) < 4.78 is 1.56. The van der Waals surface area contributed by atoms with E-state index in [-0.39, 0.29) is 5.91 Å². The molecule has 0 saturated heterocycles. The van der Waals surface area contributed by atoms with Gasteiger partial charge in [-0.1, -0.05) is 0 Å². The molecule has 0 saturated carbocycles. The van der Waals surface area contributed by atoms with Crippen LogP contribution in [0.3, 0.4) is 0 Å². The molecule has 3 N–H and O–H groups in total. The average molecular weight is 153 g/mol. The van der Waals surface area contributed by atoms with Crippen LogP contribution in [0.5, 0.6) is 0 Å². The molecule has 0 spiro atoms. The number of hydrogen-bond donors (Lipinski definition) is 2. The molecule has 0 aliphatic carbocycles. The highest BCUT2D eigenvalue weighted by atomic mass is 16.2. The van der Waals surface area contributed by atoms with Gasteiger partial charge in [-0.2, -0.15) is 0 Å². The summed E-state index contributed by atoms with van der Waals surface area (Å²) in [7, 11) is 0. The Hall–Kier alpha value is -1.29. The van der Waals surface area contributed by atoms with Crippen molar-refractivity contribution >= 4 is 5.91 Å². The summed E-state index contributed by atoms with van der Waals surface area (Å²) in [6.07, 6.45) is 3.47. The minimum atomic E-state index is -0.475. The normalized spacial score (nSPS) is 12.5. The fraction of sp³-hybridized carbons (Fsp3) is 0.286. The molecule has 0 unspecified atom stereocenters. The van der Waals surface area contributed by atoms with Gasteiger partial charge in [0, 0.05) is 12.4 Å². The lowest BCUT2D eigenvalue weighted by atomic mass is 10.3. The number of nitrogens with zero attached hydrogens (tertiary/aromatic N) is 1. The molecule has 1 rings (SSSR count). The third kappa shape index (κ3) is 2.09. The number of nitrogens with one attached hydrogen (secondary N) is 1. The van der Waals surface area contributed by atoms with E-state index in [0.29, 0.717) is 0 Å². The van der Waals surface area contributed by atoms with E-state index in [1.54, 1.807) is 24.0 Å². The molecule has 0 fully saturated rings. The third-order valence-corrected chi connectivity index (χ3v) is 1.26. The maximum Gasteiger partial charge on any atom is 0.255 e. The van der Waals surface area contributed by atoms with Gasteiger partial charge in [0.1, 0.15) is 0 Å².